The van der Waals surface area contributed by atoms with Crippen LogP contribution in [0.4, 0.5) is 11.4 Å². The Morgan fingerprint density at radius 3 is 2.00 bits per heavy atom. The predicted molar refractivity (Wildman–Crippen MR) is 136 cm³/mol. The van der Waals surface area contributed by atoms with E-state index in [9.17, 15) is 0 Å². The number of para-hydroxylation sites is 2. The lowest BCUT2D eigenvalue weighted by Crippen LogP contribution is -2.39. The van der Waals surface area contributed by atoms with Crippen LogP contribution in [0.25, 0.3) is 21.8 Å². The van der Waals surface area contributed by atoms with E-state index in [1.807, 2.05) is 0 Å². The summed E-state index contributed by atoms with van der Waals surface area (Å²) in [5.41, 5.74) is 6.81. The molecule has 2 aromatic heterocycles. The molecule has 0 atom stereocenters. The molecule has 6 heteroatoms. The molecule has 1 saturated heterocycles. The number of aromatic nitrogens is 2. The van der Waals surface area contributed by atoms with E-state index in [1.54, 1.807) is 0 Å². The summed E-state index contributed by atoms with van der Waals surface area (Å²) in [5, 5.41) is 6.26. The van der Waals surface area contributed by atoms with Gasteiger partial charge in [-0.05, 0) is 51.0 Å². The van der Waals surface area contributed by atoms with Crippen LogP contribution in [0.2, 0.25) is 0 Å². The van der Waals surface area contributed by atoms with Crippen molar-refractivity contribution in [3.63, 3.8) is 0 Å². The quantitative estimate of drug-likeness (QED) is 0.392. The Morgan fingerprint density at radius 1 is 0.774 bits per heavy atom. The molecule has 4 aromatic rings. The van der Waals surface area contributed by atoms with Gasteiger partial charge < -0.3 is 10.2 Å². The molecule has 1 aliphatic rings. The third-order valence-electron chi connectivity index (χ3n) is 5.86. The van der Waals surface area contributed by atoms with Crippen LogP contribution in [-0.4, -0.2) is 29.1 Å². The number of fused-ring (bicyclic) bond motifs is 2. The third kappa shape index (κ3) is 4.70. The Kier molecular flexibility index (Phi) is 7.24. The zero-order valence-electron chi connectivity index (χ0n) is 17.8. The second kappa shape index (κ2) is 9.71. The summed E-state index contributed by atoms with van der Waals surface area (Å²) in [5.74, 6) is 0. The number of hydrogen-bond acceptors (Lipinski definition) is 4. The summed E-state index contributed by atoms with van der Waals surface area (Å²) < 4.78 is 0. The Labute approximate surface area is 195 Å². The number of halogens is 2. The zero-order valence-corrected chi connectivity index (χ0v) is 19.5. The van der Waals surface area contributed by atoms with Crippen LogP contribution < -0.4 is 10.2 Å². The van der Waals surface area contributed by atoms with Gasteiger partial charge in [0, 0.05) is 52.7 Å². The molecule has 1 aliphatic heterocycles. The third-order valence-corrected chi connectivity index (χ3v) is 5.86. The van der Waals surface area contributed by atoms with Gasteiger partial charge >= 0.3 is 0 Å². The van der Waals surface area contributed by atoms with E-state index in [0.717, 1.165) is 48.4 Å². The van der Waals surface area contributed by atoms with Gasteiger partial charge in [-0.2, -0.15) is 0 Å². The average molecular weight is 455 g/mol. The van der Waals surface area contributed by atoms with Crippen molar-refractivity contribution in [1.82, 2.24) is 9.97 Å². The highest BCUT2D eigenvalue weighted by Crippen LogP contribution is 2.30. The van der Waals surface area contributed by atoms with E-state index in [-0.39, 0.29) is 24.8 Å². The smallest absolute Gasteiger partial charge is 0.0726 e. The molecule has 0 bridgehead atoms. The molecular weight excluding hydrogens is 427 g/mol. The summed E-state index contributed by atoms with van der Waals surface area (Å²) in [6.45, 7) is 6.25. The molecule has 0 aliphatic carbocycles. The number of nitrogens with one attached hydrogen (secondary N) is 1. The van der Waals surface area contributed by atoms with Gasteiger partial charge in [-0.25, -0.2) is 0 Å². The lowest BCUT2D eigenvalue weighted by Gasteiger charge is -2.35. The first-order valence-electron chi connectivity index (χ1n) is 10.4. The molecule has 4 nitrogen and oxygen atoms in total. The topological polar surface area (TPSA) is 41.0 Å². The van der Waals surface area contributed by atoms with Crippen LogP contribution in [0.3, 0.4) is 0 Å². The maximum atomic E-state index is 4.69. The van der Waals surface area contributed by atoms with Crippen LogP contribution in [-0.2, 0) is 0 Å². The van der Waals surface area contributed by atoms with Crippen molar-refractivity contribution >= 4 is 58.0 Å². The molecule has 31 heavy (non-hydrogen) atoms. The summed E-state index contributed by atoms with van der Waals surface area (Å²) in [6.07, 6.45) is 2.23. The number of rotatable bonds is 3. The van der Waals surface area contributed by atoms with Crippen molar-refractivity contribution < 1.29 is 0 Å². The van der Waals surface area contributed by atoms with E-state index in [4.69, 9.17) is 4.98 Å². The molecule has 1 fully saturated rings. The molecule has 0 spiro atoms. The first-order chi connectivity index (χ1) is 14.2. The fourth-order valence-corrected chi connectivity index (χ4v) is 4.46. The van der Waals surface area contributed by atoms with E-state index in [0.29, 0.717) is 6.04 Å². The number of hydrogen-bond donors (Lipinski definition) is 1. The SMILES string of the molecule is Cc1cc(NC2CCN(c3cc(C)nc4ccccc34)CC2)c2ccccc2n1.Cl.Cl. The Balaban J connectivity index is 0.00000136. The van der Waals surface area contributed by atoms with Crippen molar-refractivity contribution in [2.45, 2.75) is 32.7 Å². The highest BCUT2D eigenvalue weighted by Gasteiger charge is 2.21. The number of anilines is 2. The molecule has 0 radical (unpaired) electrons. The first-order valence-corrected chi connectivity index (χ1v) is 10.4. The Morgan fingerprint density at radius 2 is 1.32 bits per heavy atom. The second-order valence-corrected chi connectivity index (χ2v) is 8.03. The van der Waals surface area contributed by atoms with Gasteiger partial charge in [0.05, 0.1) is 11.0 Å². The van der Waals surface area contributed by atoms with E-state index in [2.05, 4.69) is 89.7 Å². The van der Waals surface area contributed by atoms with E-state index in [1.165, 1.54) is 22.1 Å². The number of aryl methyl sites for hydroxylation is 2. The molecule has 2 aromatic carbocycles. The van der Waals surface area contributed by atoms with Crippen molar-refractivity contribution in [1.29, 1.82) is 0 Å². The zero-order chi connectivity index (χ0) is 19.8. The van der Waals surface area contributed by atoms with Gasteiger partial charge in [-0.3, -0.25) is 9.97 Å². The van der Waals surface area contributed by atoms with Gasteiger partial charge in [0.2, 0.25) is 0 Å². The normalized spacial score (nSPS) is 14.2. The molecule has 5 rings (SSSR count). The van der Waals surface area contributed by atoms with E-state index < -0.39 is 0 Å². The monoisotopic (exact) mass is 454 g/mol. The highest BCUT2D eigenvalue weighted by atomic mass is 35.5. The molecule has 0 amide bonds. The van der Waals surface area contributed by atoms with Gasteiger partial charge in [0.25, 0.3) is 0 Å². The Hall–Kier alpha value is -2.56. The number of benzene rings is 2. The van der Waals surface area contributed by atoms with Crippen molar-refractivity contribution in [2.75, 3.05) is 23.3 Å². The fraction of sp³-hybridized carbons (Fsp3) is 0.280. The predicted octanol–water partition coefficient (Wildman–Crippen LogP) is 6.32. The van der Waals surface area contributed by atoms with Crippen LogP contribution in [0.15, 0.2) is 60.7 Å². The minimum Gasteiger partial charge on any atom is -0.382 e. The summed E-state index contributed by atoms with van der Waals surface area (Å²) in [4.78, 5) is 11.9. The maximum Gasteiger partial charge on any atom is 0.0726 e. The average Bonchev–Trinajstić information content (AvgIpc) is 2.73. The lowest BCUT2D eigenvalue weighted by molar-refractivity contribution is 0.528. The second-order valence-electron chi connectivity index (χ2n) is 8.03. The lowest BCUT2D eigenvalue weighted by atomic mass is 10.0. The van der Waals surface area contributed by atoms with Crippen molar-refractivity contribution in [2.24, 2.45) is 0 Å². The summed E-state index contributed by atoms with van der Waals surface area (Å²) in [7, 11) is 0. The van der Waals surface area contributed by atoms with Gasteiger partial charge in [-0.15, -0.1) is 24.8 Å². The number of nitrogens with zero attached hydrogens (tertiary/aromatic N) is 3. The van der Waals surface area contributed by atoms with Crippen LogP contribution >= 0.6 is 24.8 Å². The summed E-state index contributed by atoms with van der Waals surface area (Å²) >= 11 is 0. The minimum atomic E-state index is 0. The minimum absolute atomic E-state index is 0. The van der Waals surface area contributed by atoms with Crippen LogP contribution in [0, 0.1) is 13.8 Å². The van der Waals surface area contributed by atoms with Gasteiger partial charge in [0.15, 0.2) is 0 Å². The van der Waals surface area contributed by atoms with Crippen molar-refractivity contribution in [3.05, 3.63) is 72.1 Å². The standard InChI is InChI=1S/C25H26N4.2ClH/c1-17-15-24(20-7-3-5-9-22(20)26-17)28-19-11-13-29(14-12-19)25-16-18(2)27-23-10-6-4-8-21(23)25;;/h3-10,15-16,19H,11-14H2,1-2H3,(H,26,28);2*1H. The van der Waals surface area contributed by atoms with E-state index >= 15 is 0 Å². The Bertz CT molecular complexity index is 1190. The summed E-state index contributed by atoms with van der Waals surface area (Å²) in [6, 6.07) is 21.7. The first kappa shape index (κ1) is 23.1. The number of pyridine rings is 2. The molecule has 162 valence electrons. The molecular formula is C25H28Cl2N4. The van der Waals surface area contributed by atoms with Gasteiger partial charge in [-0.1, -0.05) is 36.4 Å². The van der Waals surface area contributed by atoms with Gasteiger partial charge in [0.1, 0.15) is 0 Å². The molecule has 0 unspecified atom stereocenters. The highest BCUT2D eigenvalue weighted by molar-refractivity contribution is 5.92. The molecule has 3 heterocycles. The fourth-order valence-electron chi connectivity index (χ4n) is 4.46. The van der Waals surface area contributed by atoms with Crippen LogP contribution in [0.5, 0.6) is 0 Å². The number of piperidine rings is 1. The maximum absolute atomic E-state index is 4.69. The largest absolute Gasteiger partial charge is 0.382 e. The molecule has 0 saturated carbocycles. The van der Waals surface area contributed by atoms with Crippen molar-refractivity contribution in [3.8, 4) is 0 Å². The van der Waals surface area contributed by atoms with Crippen LogP contribution in [0.1, 0.15) is 24.2 Å². The molecule has 1 N–H and O–H groups in total.